The van der Waals surface area contributed by atoms with Crippen LogP contribution in [0.15, 0.2) is 6.20 Å². The molecule has 1 fully saturated rings. The van der Waals surface area contributed by atoms with Crippen LogP contribution in [0, 0.1) is 13.8 Å². The number of carbonyl (C=O) groups excluding carboxylic acids is 1. The second-order valence-electron chi connectivity index (χ2n) is 7.48. The molecule has 3 rings (SSSR count). The molecule has 0 spiro atoms. The lowest BCUT2D eigenvalue weighted by Crippen LogP contribution is -2.33. The van der Waals surface area contributed by atoms with Crippen LogP contribution in [0.25, 0.3) is 0 Å². The van der Waals surface area contributed by atoms with E-state index in [1.807, 2.05) is 46.1 Å². The maximum absolute atomic E-state index is 12.0. The number of nitrogens with zero attached hydrogens (tertiary/aromatic N) is 6. The van der Waals surface area contributed by atoms with Crippen LogP contribution >= 0.6 is 0 Å². The first-order valence-electron chi connectivity index (χ1n) is 9.55. The van der Waals surface area contributed by atoms with Crippen LogP contribution in [0.4, 0.5) is 11.8 Å². The van der Waals surface area contributed by atoms with E-state index < -0.39 is 0 Å². The van der Waals surface area contributed by atoms with Gasteiger partial charge < -0.3 is 25.0 Å². The smallest absolute Gasteiger partial charge is 0.288 e. The summed E-state index contributed by atoms with van der Waals surface area (Å²) in [5.41, 5.74) is 3.01. The van der Waals surface area contributed by atoms with E-state index in [0.29, 0.717) is 6.04 Å². The van der Waals surface area contributed by atoms with Gasteiger partial charge in [0.15, 0.2) is 0 Å². The molecular weight excluding hydrogens is 356 g/mol. The van der Waals surface area contributed by atoms with Crippen molar-refractivity contribution in [2.24, 2.45) is 7.05 Å². The molecule has 1 aliphatic rings. The van der Waals surface area contributed by atoms with Gasteiger partial charge in [-0.15, -0.1) is 0 Å². The fraction of sp³-hybridized carbons (Fsp3) is 0.579. The molecule has 9 nitrogen and oxygen atoms in total. The minimum atomic E-state index is -0.258. The van der Waals surface area contributed by atoms with Crippen LogP contribution in [0.3, 0.4) is 0 Å². The number of nitrogens with one attached hydrogen (secondary N) is 2. The SMILES string of the molecule is CNC(=O)c1nc(C)c(C)c(N2CC[C@@H](NCc3cnc(N(C)C)n3C)C2)n1. The van der Waals surface area contributed by atoms with Gasteiger partial charge in [-0.05, 0) is 20.3 Å². The Morgan fingerprint density at radius 2 is 2.07 bits per heavy atom. The van der Waals surface area contributed by atoms with Gasteiger partial charge in [0.2, 0.25) is 11.8 Å². The molecule has 0 saturated carbocycles. The third-order valence-electron chi connectivity index (χ3n) is 5.31. The van der Waals surface area contributed by atoms with E-state index in [4.69, 9.17) is 0 Å². The van der Waals surface area contributed by atoms with Gasteiger partial charge >= 0.3 is 0 Å². The number of hydrogen-bond acceptors (Lipinski definition) is 7. The zero-order valence-corrected chi connectivity index (χ0v) is 17.6. The molecule has 0 unspecified atom stereocenters. The second-order valence-corrected chi connectivity index (χ2v) is 7.48. The molecular formula is C19H30N8O. The molecule has 152 valence electrons. The average molecular weight is 387 g/mol. The summed E-state index contributed by atoms with van der Waals surface area (Å²) < 4.78 is 2.10. The highest BCUT2D eigenvalue weighted by atomic mass is 16.2. The topological polar surface area (TPSA) is 91.2 Å². The van der Waals surface area contributed by atoms with Gasteiger partial charge in [-0.2, -0.15) is 0 Å². The van der Waals surface area contributed by atoms with Gasteiger partial charge in [-0.1, -0.05) is 0 Å². The van der Waals surface area contributed by atoms with Crippen LogP contribution in [0.1, 0.15) is 34.0 Å². The maximum Gasteiger partial charge on any atom is 0.288 e. The average Bonchev–Trinajstić information content (AvgIpc) is 3.28. The van der Waals surface area contributed by atoms with E-state index >= 15 is 0 Å². The van der Waals surface area contributed by atoms with Gasteiger partial charge in [0.05, 0.1) is 11.9 Å². The number of hydrogen-bond donors (Lipinski definition) is 2. The van der Waals surface area contributed by atoms with Crippen LogP contribution in [0.2, 0.25) is 0 Å². The molecule has 1 saturated heterocycles. The fourth-order valence-corrected chi connectivity index (χ4v) is 3.52. The van der Waals surface area contributed by atoms with Crippen molar-refractivity contribution < 1.29 is 4.79 Å². The summed E-state index contributed by atoms with van der Waals surface area (Å²) in [6, 6.07) is 0.357. The van der Waals surface area contributed by atoms with E-state index in [1.54, 1.807) is 7.05 Å². The molecule has 0 bridgehead atoms. The standard InChI is InChI=1S/C19H30N8O/c1-12-13(2)23-16(18(28)20-3)24-17(12)27-8-7-14(11-27)21-9-15-10-22-19(25(4)5)26(15)6/h10,14,21H,7-9,11H2,1-6H3,(H,20,28)/t14-/m1/s1. The van der Waals surface area contributed by atoms with Gasteiger partial charge in [-0.3, -0.25) is 4.79 Å². The van der Waals surface area contributed by atoms with E-state index in [9.17, 15) is 4.79 Å². The largest absolute Gasteiger partial charge is 0.355 e. The number of aryl methyl sites for hydroxylation is 1. The summed E-state index contributed by atoms with van der Waals surface area (Å²) in [4.78, 5) is 29.5. The molecule has 2 aromatic heterocycles. The third kappa shape index (κ3) is 3.94. The lowest BCUT2D eigenvalue weighted by molar-refractivity contribution is 0.0952. The first-order valence-corrected chi connectivity index (χ1v) is 9.55. The number of anilines is 2. The zero-order valence-electron chi connectivity index (χ0n) is 17.6. The minimum absolute atomic E-state index is 0.225. The molecule has 0 aromatic carbocycles. The van der Waals surface area contributed by atoms with Crippen LogP contribution < -0.4 is 20.4 Å². The molecule has 9 heteroatoms. The Balaban J connectivity index is 1.67. The minimum Gasteiger partial charge on any atom is -0.355 e. The van der Waals surface area contributed by atoms with Crippen molar-refractivity contribution in [3.05, 3.63) is 29.0 Å². The molecule has 1 atom stereocenters. The summed E-state index contributed by atoms with van der Waals surface area (Å²) in [6.45, 7) is 6.45. The van der Waals surface area contributed by atoms with Gasteiger partial charge in [0.1, 0.15) is 5.82 Å². The van der Waals surface area contributed by atoms with E-state index in [1.165, 1.54) is 0 Å². The molecule has 1 aliphatic heterocycles. The quantitative estimate of drug-likeness (QED) is 0.752. The van der Waals surface area contributed by atoms with Crippen molar-refractivity contribution in [2.75, 3.05) is 44.0 Å². The lowest BCUT2D eigenvalue weighted by atomic mass is 10.2. The van der Waals surface area contributed by atoms with E-state index in [2.05, 4.69) is 35.1 Å². The zero-order chi connectivity index (χ0) is 20.4. The fourth-order valence-electron chi connectivity index (χ4n) is 3.52. The maximum atomic E-state index is 12.0. The first-order chi connectivity index (χ1) is 13.3. The van der Waals surface area contributed by atoms with Crippen molar-refractivity contribution in [1.29, 1.82) is 0 Å². The highest BCUT2D eigenvalue weighted by molar-refractivity contribution is 5.90. The Morgan fingerprint density at radius 3 is 2.71 bits per heavy atom. The Hall–Kier alpha value is -2.68. The van der Waals surface area contributed by atoms with Crippen molar-refractivity contribution in [3.8, 4) is 0 Å². The Kier molecular flexibility index (Phi) is 5.83. The third-order valence-corrected chi connectivity index (χ3v) is 5.31. The highest BCUT2D eigenvalue weighted by Gasteiger charge is 2.26. The predicted octanol–water partition coefficient (Wildman–Crippen LogP) is 0.621. The number of rotatable bonds is 6. The summed E-state index contributed by atoms with van der Waals surface area (Å²) in [5, 5.41) is 6.23. The Bertz CT molecular complexity index is 860. The highest BCUT2D eigenvalue weighted by Crippen LogP contribution is 2.24. The Labute approximate surface area is 166 Å². The number of carbonyl (C=O) groups is 1. The van der Waals surface area contributed by atoms with E-state index in [-0.39, 0.29) is 11.7 Å². The van der Waals surface area contributed by atoms with Crippen LogP contribution in [-0.4, -0.2) is 65.7 Å². The number of aromatic nitrogens is 4. The van der Waals surface area contributed by atoms with Crippen molar-refractivity contribution in [2.45, 2.75) is 32.9 Å². The predicted molar refractivity (Wildman–Crippen MR) is 110 cm³/mol. The number of amides is 1. The van der Waals surface area contributed by atoms with Crippen LogP contribution in [-0.2, 0) is 13.6 Å². The normalized spacial score (nSPS) is 16.5. The van der Waals surface area contributed by atoms with Gasteiger partial charge in [-0.25, -0.2) is 15.0 Å². The van der Waals surface area contributed by atoms with E-state index in [0.717, 1.165) is 54.8 Å². The van der Waals surface area contributed by atoms with Gasteiger partial charge in [0, 0.05) is 65.1 Å². The van der Waals surface area contributed by atoms with Crippen molar-refractivity contribution in [1.82, 2.24) is 30.2 Å². The summed E-state index contributed by atoms with van der Waals surface area (Å²) in [5.74, 6) is 1.76. The molecule has 2 aromatic rings. The number of imidazole rings is 1. The molecule has 28 heavy (non-hydrogen) atoms. The second kappa shape index (κ2) is 8.14. The summed E-state index contributed by atoms with van der Waals surface area (Å²) >= 11 is 0. The van der Waals surface area contributed by atoms with Crippen molar-refractivity contribution >= 4 is 17.7 Å². The van der Waals surface area contributed by atoms with Gasteiger partial charge in [0.25, 0.3) is 5.91 Å². The summed E-state index contributed by atoms with van der Waals surface area (Å²) in [7, 11) is 7.62. The molecule has 2 N–H and O–H groups in total. The molecule has 3 heterocycles. The van der Waals surface area contributed by atoms with Crippen molar-refractivity contribution in [3.63, 3.8) is 0 Å². The summed E-state index contributed by atoms with van der Waals surface area (Å²) in [6.07, 6.45) is 2.94. The molecule has 1 amide bonds. The lowest BCUT2D eigenvalue weighted by Gasteiger charge is -2.21. The first kappa shape index (κ1) is 20.1. The molecule has 0 aliphatic carbocycles. The molecule has 0 radical (unpaired) electrons. The Morgan fingerprint density at radius 1 is 1.32 bits per heavy atom. The monoisotopic (exact) mass is 386 g/mol. The van der Waals surface area contributed by atoms with Crippen LogP contribution in [0.5, 0.6) is 0 Å².